The third kappa shape index (κ3) is 3.83. The Morgan fingerprint density at radius 2 is 1.59 bits per heavy atom. The molecule has 0 aliphatic carbocycles. The lowest BCUT2D eigenvalue weighted by atomic mass is 10.1. The number of benzene rings is 2. The van der Waals surface area contributed by atoms with E-state index in [2.05, 4.69) is 5.32 Å². The molecule has 0 atom stereocenters. The fourth-order valence-electron chi connectivity index (χ4n) is 3.93. The molecule has 32 heavy (non-hydrogen) atoms. The number of fused-ring (bicyclic) bond motifs is 1. The number of nitro groups is 2. The molecule has 0 saturated carbocycles. The number of para-hydroxylation sites is 2. The fraction of sp³-hybridized carbons (Fsp3) is 0.300. The zero-order chi connectivity index (χ0) is 23.0. The molecule has 12 heteroatoms. The van der Waals surface area contributed by atoms with Crippen LogP contribution in [0.1, 0.15) is 10.4 Å². The Kier molecular flexibility index (Phi) is 5.45. The van der Waals surface area contributed by atoms with E-state index in [1.807, 2.05) is 11.9 Å². The maximum atomic E-state index is 13.3. The van der Waals surface area contributed by atoms with Gasteiger partial charge in [0.1, 0.15) is 6.54 Å². The second kappa shape index (κ2) is 8.23. The van der Waals surface area contributed by atoms with Crippen molar-refractivity contribution in [3.8, 4) is 0 Å². The number of nitrogens with zero attached hydrogens (tertiary/aromatic N) is 5. The fourth-order valence-corrected chi connectivity index (χ4v) is 3.93. The Morgan fingerprint density at radius 3 is 2.19 bits per heavy atom. The molecule has 2 aromatic carbocycles. The molecule has 4 rings (SSSR count). The first kappa shape index (κ1) is 21.2. The minimum atomic E-state index is -0.733. The van der Waals surface area contributed by atoms with Gasteiger partial charge < -0.3 is 15.1 Å². The lowest BCUT2D eigenvalue weighted by Gasteiger charge is -2.33. The van der Waals surface area contributed by atoms with Crippen LogP contribution in [0.15, 0.2) is 36.4 Å². The average Bonchev–Trinajstić information content (AvgIpc) is 2.77. The number of piperazine rings is 1. The highest BCUT2D eigenvalue weighted by atomic mass is 16.6. The summed E-state index contributed by atoms with van der Waals surface area (Å²) < 4.78 is 0. The number of amides is 2. The number of likely N-dealkylation sites (N-methyl/N-ethyl adjacent to an activating group) is 1. The van der Waals surface area contributed by atoms with Crippen LogP contribution in [0.4, 0.5) is 28.4 Å². The molecule has 2 aliphatic heterocycles. The third-order valence-electron chi connectivity index (χ3n) is 5.55. The van der Waals surface area contributed by atoms with Crippen LogP contribution in [0.25, 0.3) is 0 Å². The van der Waals surface area contributed by atoms with Gasteiger partial charge in [-0.25, -0.2) is 0 Å². The third-order valence-corrected chi connectivity index (χ3v) is 5.55. The standard InChI is InChI=1S/C20H20N6O6/c1-22-6-8-23(9-7-22)19-16(25(29)30)10-13(11-17(19)26(31)32)20(28)24-12-18(27)21-14-4-2-3-5-15(14)24/h2-5,10-11H,6-9,12H2,1H3,(H,21,27). The van der Waals surface area contributed by atoms with Crippen molar-refractivity contribution in [1.29, 1.82) is 0 Å². The van der Waals surface area contributed by atoms with E-state index < -0.39 is 33.0 Å². The van der Waals surface area contributed by atoms with E-state index in [0.29, 0.717) is 37.6 Å². The van der Waals surface area contributed by atoms with Gasteiger partial charge >= 0.3 is 0 Å². The largest absolute Gasteiger partial charge is 0.358 e. The normalized spacial score (nSPS) is 16.3. The van der Waals surface area contributed by atoms with Gasteiger partial charge in [-0.05, 0) is 19.2 Å². The predicted octanol–water partition coefficient (Wildman–Crippen LogP) is 1.85. The minimum Gasteiger partial charge on any atom is -0.358 e. The van der Waals surface area contributed by atoms with Crippen LogP contribution in [-0.2, 0) is 4.79 Å². The molecule has 2 heterocycles. The summed E-state index contributed by atoms with van der Waals surface area (Å²) in [7, 11) is 1.90. The number of carbonyl (C=O) groups is 2. The van der Waals surface area contributed by atoms with Crippen LogP contribution in [0.5, 0.6) is 0 Å². The smallest absolute Gasteiger partial charge is 0.300 e. The molecule has 0 unspecified atom stereocenters. The van der Waals surface area contributed by atoms with Crippen LogP contribution in [0.2, 0.25) is 0 Å². The monoisotopic (exact) mass is 440 g/mol. The van der Waals surface area contributed by atoms with Crippen LogP contribution >= 0.6 is 0 Å². The summed E-state index contributed by atoms with van der Waals surface area (Å²) in [6.07, 6.45) is 0. The minimum absolute atomic E-state index is 0.110. The van der Waals surface area contributed by atoms with E-state index in [-0.39, 0.29) is 17.8 Å². The van der Waals surface area contributed by atoms with Crippen molar-refractivity contribution in [3.63, 3.8) is 0 Å². The van der Waals surface area contributed by atoms with E-state index in [1.165, 1.54) is 0 Å². The van der Waals surface area contributed by atoms with Crippen molar-refractivity contribution in [3.05, 3.63) is 62.2 Å². The molecule has 1 N–H and O–H groups in total. The van der Waals surface area contributed by atoms with Gasteiger partial charge in [0, 0.05) is 38.3 Å². The molecule has 0 radical (unpaired) electrons. The van der Waals surface area contributed by atoms with E-state index in [4.69, 9.17) is 0 Å². The summed E-state index contributed by atoms with van der Waals surface area (Å²) in [5, 5.41) is 26.4. The van der Waals surface area contributed by atoms with Crippen molar-refractivity contribution >= 4 is 40.3 Å². The highest BCUT2D eigenvalue weighted by Gasteiger charge is 2.35. The van der Waals surface area contributed by atoms with Crippen LogP contribution < -0.4 is 15.1 Å². The molecule has 2 aromatic rings. The second-order valence-electron chi connectivity index (χ2n) is 7.62. The number of hydrogen-bond donors (Lipinski definition) is 1. The summed E-state index contributed by atoms with van der Waals surface area (Å²) in [5.74, 6) is -1.17. The van der Waals surface area contributed by atoms with E-state index in [9.17, 15) is 29.8 Å². The number of nitro benzene ring substituents is 2. The zero-order valence-electron chi connectivity index (χ0n) is 17.2. The molecule has 2 aliphatic rings. The summed E-state index contributed by atoms with van der Waals surface area (Å²) in [4.78, 5) is 52.4. The lowest BCUT2D eigenvalue weighted by molar-refractivity contribution is -0.392. The van der Waals surface area contributed by atoms with Gasteiger partial charge in [-0.2, -0.15) is 0 Å². The van der Waals surface area contributed by atoms with Crippen LogP contribution in [0.3, 0.4) is 0 Å². The number of nitrogens with one attached hydrogen (secondary N) is 1. The van der Waals surface area contributed by atoms with Gasteiger partial charge in [0.2, 0.25) is 5.91 Å². The second-order valence-corrected chi connectivity index (χ2v) is 7.62. The zero-order valence-corrected chi connectivity index (χ0v) is 17.2. The first-order chi connectivity index (χ1) is 15.3. The van der Waals surface area contributed by atoms with Gasteiger partial charge in [0.25, 0.3) is 17.3 Å². The first-order valence-electron chi connectivity index (χ1n) is 9.87. The number of hydrogen-bond acceptors (Lipinski definition) is 8. The maximum Gasteiger partial charge on any atom is 0.300 e. The van der Waals surface area contributed by atoms with Crippen LogP contribution in [-0.4, -0.2) is 66.3 Å². The Balaban J connectivity index is 1.81. The lowest BCUT2D eigenvalue weighted by Crippen LogP contribution is -2.45. The molecule has 1 fully saturated rings. The van der Waals surface area contributed by atoms with E-state index in [0.717, 1.165) is 17.0 Å². The van der Waals surface area contributed by atoms with Crippen molar-refractivity contribution in [2.75, 3.05) is 54.9 Å². The molecule has 0 aromatic heterocycles. The summed E-state index contributed by atoms with van der Waals surface area (Å²) in [6, 6.07) is 8.71. The predicted molar refractivity (Wildman–Crippen MR) is 116 cm³/mol. The molecule has 12 nitrogen and oxygen atoms in total. The van der Waals surface area contributed by atoms with Crippen molar-refractivity contribution < 1.29 is 19.4 Å². The quantitative estimate of drug-likeness (QED) is 0.561. The van der Waals surface area contributed by atoms with E-state index in [1.54, 1.807) is 29.2 Å². The highest BCUT2D eigenvalue weighted by molar-refractivity contribution is 6.15. The Labute approximate surface area is 182 Å². The SMILES string of the molecule is CN1CCN(c2c([N+](=O)[O-])cc(C(=O)N3CC(=O)Nc4ccccc43)cc2[N+](=O)[O-])CC1. The van der Waals surface area contributed by atoms with Crippen molar-refractivity contribution in [1.82, 2.24) is 4.90 Å². The summed E-state index contributed by atoms with van der Waals surface area (Å²) in [6.45, 7) is 1.64. The number of rotatable bonds is 4. The Hall–Kier alpha value is -4.06. The Bertz CT molecular complexity index is 1090. The molecule has 166 valence electrons. The maximum absolute atomic E-state index is 13.3. The first-order valence-corrected chi connectivity index (χ1v) is 9.87. The van der Waals surface area contributed by atoms with Crippen molar-refractivity contribution in [2.24, 2.45) is 0 Å². The van der Waals surface area contributed by atoms with Gasteiger partial charge in [-0.1, -0.05) is 12.1 Å². The number of carbonyl (C=O) groups excluding carboxylic acids is 2. The van der Waals surface area contributed by atoms with Gasteiger partial charge in [0.05, 0.1) is 26.8 Å². The molecule has 1 saturated heterocycles. The van der Waals surface area contributed by atoms with E-state index >= 15 is 0 Å². The summed E-state index contributed by atoms with van der Waals surface area (Å²) >= 11 is 0. The average molecular weight is 440 g/mol. The number of anilines is 3. The molecule has 0 spiro atoms. The summed E-state index contributed by atoms with van der Waals surface area (Å²) in [5.41, 5.74) is -0.545. The Morgan fingerprint density at radius 1 is 1.00 bits per heavy atom. The molecule has 2 amide bonds. The van der Waals surface area contributed by atoms with Gasteiger partial charge in [-0.3, -0.25) is 34.7 Å². The van der Waals surface area contributed by atoms with Crippen molar-refractivity contribution in [2.45, 2.75) is 0 Å². The van der Waals surface area contributed by atoms with Crippen LogP contribution in [0, 0.1) is 20.2 Å². The molecular weight excluding hydrogens is 420 g/mol. The molecular formula is C20H20N6O6. The van der Waals surface area contributed by atoms with Gasteiger partial charge in [-0.15, -0.1) is 0 Å². The topological polar surface area (TPSA) is 142 Å². The highest BCUT2D eigenvalue weighted by Crippen LogP contribution is 2.40. The van der Waals surface area contributed by atoms with Gasteiger partial charge in [0.15, 0.2) is 5.69 Å². The molecule has 0 bridgehead atoms.